The molecule has 132 valence electrons. The summed E-state index contributed by atoms with van der Waals surface area (Å²) in [5.74, 6) is 2.19. The summed E-state index contributed by atoms with van der Waals surface area (Å²) in [6.07, 6.45) is 3.43. The normalized spacial score (nSPS) is 11.2. The van der Waals surface area contributed by atoms with Crippen LogP contribution in [0.3, 0.4) is 0 Å². The Morgan fingerprint density at radius 2 is 2.00 bits per heavy atom. The Morgan fingerprint density at radius 1 is 1.19 bits per heavy atom. The number of benzene rings is 2. The van der Waals surface area contributed by atoms with E-state index in [9.17, 15) is 0 Å². The molecule has 0 atom stereocenters. The Morgan fingerprint density at radius 3 is 2.73 bits per heavy atom. The highest BCUT2D eigenvalue weighted by Gasteiger charge is 2.12. The summed E-state index contributed by atoms with van der Waals surface area (Å²) in [4.78, 5) is 4.34. The lowest BCUT2D eigenvalue weighted by Crippen LogP contribution is -1.92. The van der Waals surface area contributed by atoms with Gasteiger partial charge in [0.15, 0.2) is 0 Å². The number of ether oxygens (including phenoxy) is 2. The molecule has 0 aliphatic heterocycles. The van der Waals surface area contributed by atoms with E-state index >= 15 is 0 Å². The molecule has 0 unspecified atom stereocenters. The summed E-state index contributed by atoms with van der Waals surface area (Å²) in [5.41, 5.74) is 1.67. The van der Waals surface area contributed by atoms with Gasteiger partial charge in [0, 0.05) is 5.56 Å². The van der Waals surface area contributed by atoms with Crippen molar-refractivity contribution in [1.82, 2.24) is 10.1 Å². The molecule has 0 amide bonds. The third-order valence-corrected chi connectivity index (χ3v) is 3.77. The van der Waals surface area contributed by atoms with Gasteiger partial charge in [0.25, 0.3) is 5.89 Å². The molecule has 6 heteroatoms. The molecule has 0 N–H and O–H groups in total. The van der Waals surface area contributed by atoms with Crippen LogP contribution in [-0.2, 0) is 0 Å². The van der Waals surface area contributed by atoms with E-state index < -0.39 is 0 Å². The highest BCUT2D eigenvalue weighted by Crippen LogP contribution is 2.26. The average Bonchev–Trinajstić information content (AvgIpc) is 3.17. The SMILES string of the molecule is C=CCOc1cccc(/C=C(\Cl)c2nc(-c3ccc(OC)cc3)no2)c1. The van der Waals surface area contributed by atoms with E-state index in [-0.39, 0.29) is 5.89 Å². The third kappa shape index (κ3) is 4.32. The molecule has 3 aromatic rings. The van der Waals surface area contributed by atoms with Gasteiger partial charge in [-0.1, -0.05) is 41.5 Å². The third-order valence-electron chi connectivity index (χ3n) is 3.50. The van der Waals surface area contributed by atoms with Gasteiger partial charge in [-0.3, -0.25) is 0 Å². The number of aromatic nitrogens is 2. The van der Waals surface area contributed by atoms with Crippen molar-refractivity contribution < 1.29 is 14.0 Å². The second kappa shape index (κ2) is 8.36. The summed E-state index contributed by atoms with van der Waals surface area (Å²) >= 11 is 6.33. The molecule has 1 aromatic heterocycles. The fourth-order valence-electron chi connectivity index (χ4n) is 2.24. The van der Waals surface area contributed by atoms with Gasteiger partial charge < -0.3 is 14.0 Å². The van der Waals surface area contributed by atoms with Gasteiger partial charge in [-0.05, 0) is 48.0 Å². The highest BCUT2D eigenvalue weighted by atomic mass is 35.5. The van der Waals surface area contributed by atoms with Crippen LogP contribution in [0.25, 0.3) is 22.5 Å². The standard InChI is InChI=1S/C20H17ClN2O3/c1-3-11-25-17-6-4-5-14(12-17)13-18(21)20-22-19(23-26-20)15-7-9-16(24-2)10-8-15/h3-10,12-13H,1,11H2,2H3/b18-13-. The molecule has 0 fully saturated rings. The Bertz CT molecular complexity index is 917. The molecule has 0 saturated carbocycles. The molecule has 0 spiro atoms. The van der Waals surface area contributed by atoms with Crippen molar-refractivity contribution in [3.63, 3.8) is 0 Å². The van der Waals surface area contributed by atoms with E-state index in [4.69, 9.17) is 25.6 Å². The zero-order chi connectivity index (χ0) is 18.4. The number of nitrogens with zero attached hydrogens (tertiary/aromatic N) is 2. The van der Waals surface area contributed by atoms with Crippen molar-refractivity contribution in [1.29, 1.82) is 0 Å². The van der Waals surface area contributed by atoms with Crippen LogP contribution in [0.15, 0.2) is 65.7 Å². The van der Waals surface area contributed by atoms with Crippen LogP contribution in [0.4, 0.5) is 0 Å². The molecular formula is C20H17ClN2O3. The van der Waals surface area contributed by atoms with E-state index in [0.29, 0.717) is 17.5 Å². The minimum absolute atomic E-state index is 0.245. The number of hydrogen-bond acceptors (Lipinski definition) is 5. The average molecular weight is 369 g/mol. The first kappa shape index (κ1) is 17.8. The molecule has 3 rings (SSSR count). The van der Waals surface area contributed by atoms with Crippen molar-refractivity contribution in [3.05, 3.63) is 72.6 Å². The van der Waals surface area contributed by atoms with E-state index in [1.807, 2.05) is 48.5 Å². The highest BCUT2D eigenvalue weighted by molar-refractivity contribution is 6.50. The monoisotopic (exact) mass is 368 g/mol. The van der Waals surface area contributed by atoms with Gasteiger partial charge in [0.2, 0.25) is 5.82 Å². The Labute approximate surface area is 156 Å². The lowest BCUT2D eigenvalue weighted by atomic mass is 10.2. The summed E-state index contributed by atoms with van der Waals surface area (Å²) in [6, 6.07) is 14.9. The van der Waals surface area contributed by atoms with Crippen LogP contribution in [0, 0.1) is 0 Å². The first-order valence-electron chi connectivity index (χ1n) is 7.89. The molecule has 0 saturated heterocycles. The van der Waals surface area contributed by atoms with Crippen molar-refractivity contribution in [3.8, 4) is 22.9 Å². The fourth-order valence-corrected chi connectivity index (χ4v) is 2.44. The van der Waals surface area contributed by atoms with E-state index in [1.54, 1.807) is 19.3 Å². The van der Waals surface area contributed by atoms with Gasteiger partial charge in [0.1, 0.15) is 23.1 Å². The van der Waals surface area contributed by atoms with E-state index in [2.05, 4.69) is 16.7 Å². The molecule has 2 aromatic carbocycles. The van der Waals surface area contributed by atoms with Crippen molar-refractivity contribution in [2.45, 2.75) is 0 Å². The summed E-state index contributed by atoms with van der Waals surface area (Å²) in [6.45, 7) is 4.07. The maximum Gasteiger partial charge on any atom is 0.269 e. The summed E-state index contributed by atoms with van der Waals surface area (Å²) in [5, 5.41) is 4.32. The molecule has 1 heterocycles. The maximum absolute atomic E-state index is 6.33. The molecular weight excluding hydrogens is 352 g/mol. The largest absolute Gasteiger partial charge is 0.497 e. The number of methoxy groups -OCH3 is 1. The fraction of sp³-hybridized carbons (Fsp3) is 0.100. The molecule has 0 radical (unpaired) electrons. The minimum atomic E-state index is 0.245. The maximum atomic E-state index is 6.33. The second-order valence-electron chi connectivity index (χ2n) is 5.32. The van der Waals surface area contributed by atoms with Crippen LogP contribution in [-0.4, -0.2) is 23.9 Å². The zero-order valence-electron chi connectivity index (χ0n) is 14.2. The van der Waals surface area contributed by atoms with Gasteiger partial charge in [-0.15, -0.1) is 0 Å². The number of hydrogen-bond donors (Lipinski definition) is 0. The molecule has 0 aliphatic rings. The van der Waals surface area contributed by atoms with Crippen molar-refractivity contribution in [2.24, 2.45) is 0 Å². The predicted octanol–water partition coefficient (Wildman–Crippen LogP) is 5.05. The Kier molecular flexibility index (Phi) is 5.71. The molecule has 0 bridgehead atoms. The van der Waals surface area contributed by atoms with E-state index in [1.165, 1.54) is 0 Å². The second-order valence-corrected chi connectivity index (χ2v) is 5.72. The van der Waals surface area contributed by atoms with Crippen molar-refractivity contribution in [2.75, 3.05) is 13.7 Å². The van der Waals surface area contributed by atoms with Gasteiger partial charge in [0.05, 0.1) is 7.11 Å². The quantitative estimate of drug-likeness (QED) is 0.546. The summed E-state index contributed by atoms with van der Waals surface area (Å²) in [7, 11) is 1.61. The van der Waals surface area contributed by atoms with Gasteiger partial charge >= 0.3 is 0 Å². The zero-order valence-corrected chi connectivity index (χ0v) is 14.9. The topological polar surface area (TPSA) is 57.4 Å². The lowest BCUT2D eigenvalue weighted by molar-refractivity contribution is 0.363. The first-order chi connectivity index (χ1) is 12.7. The van der Waals surface area contributed by atoms with E-state index in [0.717, 1.165) is 22.6 Å². The first-order valence-corrected chi connectivity index (χ1v) is 8.27. The lowest BCUT2D eigenvalue weighted by Gasteiger charge is -2.03. The Hall–Kier alpha value is -3.05. The molecule has 5 nitrogen and oxygen atoms in total. The molecule has 26 heavy (non-hydrogen) atoms. The van der Waals surface area contributed by atoms with Crippen LogP contribution >= 0.6 is 11.6 Å². The van der Waals surface area contributed by atoms with Crippen LogP contribution < -0.4 is 9.47 Å². The Balaban J connectivity index is 1.79. The van der Waals surface area contributed by atoms with Crippen LogP contribution in [0.5, 0.6) is 11.5 Å². The van der Waals surface area contributed by atoms with Crippen LogP contribution in [0.2, 0.25) is 0 Å². The smallest absolute Gasteiger partial charge is 0.269 e. The van der Waals surface area contributed by atoms with Crippen LogP contribution in [0.1, 0.15) is 11.5 Å². The minimum Gasteiger partial charge on any atom is -0.497 e. The predicted molar refractivity (Wildman–Crippen MR) is 102 cm³/mol. The van der Waals surface area contributed by atoms with Crippen molar-refractivity contribution >= 4 is 22.7 Å². The summed E-state index contributed by atoms with van der Waals surface area (Å²) < 4.78 is 15.9. The number of halogens is 1. The molecule has 0 aliphatic carbocycles. The number of rotatable bonds is 7. The van der Waals surface area contributed by atoms with Gasteiger partial charge in [-0.2, -0.15) is 4.98 Å². The van der Waals surface area contributed by atoms with Gasteiger partial charge in [-0.25, -0.2) is 0 Å².